The van der Waals surface area contributed by atoms with Crippen LogP contribution in [-0.4, -0.2) is 147 Å². The Morgan fingerprint density at radius 3 is 0.941 bits per heavy atom. The molecule has 0 aliphatic carbocycles. The van der Waals surface area contributed by atoms with Crippen molar-refractivity contribution in [3.63, 3.8) is 0 Å². The van der Waals surface area contributed by atoms with Crippen molar-refractivity contribution in [2.24, 2.45) is 0 Å². The molecule has 0 aromatic heterocycles. The lowest BCUT2D eigenvalue weighted by Crippen LogP contribution is -2.58. The summed E-state index contributed by atoms with van der Waals surface area (Å²) in [6.45, 7) is 14.2. The van der Waals surface area contributed by atoms with Gasteiger partial charge in [0.1, 0.15) is 24.0 Å². The van der Waals surface area contributed by atoms with Crippen LogP contribution in [0.25, 0.3) is 0 Å². The van der Waals surface area contributed by atoms with E-state index in [4.69, 9.17) is 41.4 Å². The molecule has 68 heavy (non-hydrogen) atoms. The summed E-state index contributed by atoms with van der Waals surface area (Å²) in [7, 11) is -10.7. The van der Waals surface area contributed by atoms with E-state index in [1.807, 2.05) is 0 Å². The van der Waals surface area contributed by atoms with E-state index in [1.165, 1.54) is 44.9 Å². The topological polar surface area (TPSA) is 251 Å². The van der Waals surface area contributed by atoms with Crippen LogP contribution in [0.5, 0.6) is 0 Å². The third-order valence-corrected chi connectivity index (χ3v) is 15.8. The van der Waals surface area contributed by atoms with E-state index in [0.29, 0.717) is 25.7 Å². The van der Waals surface area contributed by atoms with Gasteiger partial charge < -0.3 is 62.6 Å². The highest BCUT2D eigenvalue weighted by Gasteiger charge is 2.34. The number of rotatable bonds is 49. The fourth-order valence-electron chi connectivity index (χ4n) is 6.81. The SMILES string of the molecule is CCCCCCCCCCCCCC(=O)NC(COCCCNC(=O)CP(=O)(OCC)OCC)(COCCCNC(=O)CP(=O)(OCC)OCC)COCCCNC(=O)CP(=O)(OCC)OCC. The fraction of sp³-hybridized carbons (Fsp3) is 0.911. The summed E-state index contributed by atoms with van der Waals surface area (Å²) < 4.78 is 88.1. The summed E-state index contributed by atoms with van der Waals surface area (Å²) in [6, 6.07) is 0. The molecule has 0 spiro atoms. The third kappa shape index (κ3) is 35.3. The van der Waals surface area contributed by atoms with Crippen molar-refractivity contribution in [2.75, 3.05) is 117 Å². The zero-order valence-corrected chi connectivity index (χ0v) is 45.4. The molecule has 20 nitrogen and oxygen atoms in total. The highest BCUT2D eigenvalue weighted by molar-refractivity contribution is 7.55. The van der Waals surface area contributed by atoms with Gasteiger partial charge in [-0.05, 0) is 67.2 Å². The molecule has 0 aromatic rings. The number of carbonyl (C=O) groups is 4. The molecule has 0 saturated carbocycles. The van der Waals surface area contributed by atoms with E-state index in [9.17, 15) is 32.9 Å². The molecule has 4 amide bonds. The van der Waals surface area contributed by atoms with Gasteiger partial charge in [-0.15, -0.1) is 0 Å². The Balaban J connectivity index is 5.80. The summed E-state index contributed by atoms with van der Waals surface area (Å²) >= 11 is 0. The average Bonchev–Trinajstić information content (AvgIpc) is 3.26. The maximum absolute atomic E-state index is 13.6. The highest BCUT2D eigenvalue weighted by Crippen LogP contribution is 2.49. The van der Waals surface area contributed by atoms with Crippen LogP contribution in [0.2, 0.25) is 0 Å². The molecule has 0 aliphatic heterocycles. The molecule has 4 N–H and O–H groups in total. The first-order valence-corrected chi connectivity index (χ1v) is 30.3. The zero-order chi connectivity index (χ0) is 50.8. The van der Waals surface area contributed by atoms with Gasteiger partial charge in [-0.2, -0.15) is 0 Å². The fourth-order valence-corrected chi connectivity index (χ4v) is 11.3. The van der Waals surface area contributed by atoms with Gasteiger partial charge in [-0.3, -0.25) is 32.9 Å². The van der Waals surface area contributed by atoms with E-state index in [1.54, 1.807) is 41.5 Å². The van der Waals surface area contributed by atoms with E-state index < -0.39 is 64.5 Å². The van der Waals surface area contributed by atoms with Crippen LogP contribution in [0, 0.1) is 0 Å². The number of ether oxygens (including phenoxy) is 3. The van der Waals surface area contributed by atoms with Gasteiger partial charge in [0.2, 0.25) is 23.6 Å². The van der Waals surface area contributed by atoms with Crippen LogP contribution < -0.4 is 21.3 Å². The molecule has 0 bridgehead atoms. The minimum atomic E-state index is -3.56. The van der Waals surface area contributed by atoms with Crippen molar-refractivity contribution in [1.82, 2.24) is 21.3 Å². The average molecular weight is 1040 g/mol. The summed E-state index contributed by atoms with van der Waals surface area (Å²) in [5.74, 6) is -1.64. The molecule has 0 aromatic carbocycles. The van der Waals surface area contributed by atoms with Crippen LogP contribution in [0.3, 0.4) is 0 Å². The van der Waals surface area contributed by atoms with Crippen LogP contribution in [0.4, 0.5) is 0 Å². The standard InChI is InChI=1S/C45H91N4O16P3/c1-8-15-16-17-18-19-20-21-22-23-24-28-41(50)49-45(38-57-32-25-29-46-42(51)35-66(54,60-9-2)61-10-3,39-58-33-26-30-47-43(52)36-67(55,62-11-4)63-12-5)40-59-34-27-31-48-44(53)37-68(56,64-13-6)65-14-7/h8-40H2,1-7H3,(H,46,51)(H,47,52)(H,48,53)(H,49,50). The molecular formula is C45H91N4O16P3. The summed E-state index contributed by atoms with van der Waals surface area (Å²) in [5.41, 5.74) is -1.16. The zero-order valence-electron chi connectivity index (χ0n) is 42.7. The van der Waals surface area contributed by atoms with Gasteiger partial charge in [0.15, 0.2) is 0 Å². The minimum absolute atomic E-state index is 0.0173. The van der Waals surface area contributed by atoms with Crippen molar-refractivity contribution < 1.29 is 74.2 Å². The van der Waals surface area contributed by atoms with Crippen molar-refractivity contribution in [3.05, 3.63) is 0 Å². The van der Waals surface area contributed by atoms with Gasteiger partial charge in [-0.1, -0.05) is 71.1 Å². The summed E-state index contributed by atoms with van der Waals surface area (Å²) in [4.78, 5) is 51.3. The van der Waals surface area contributed by atoms with Gasteiger partial charge in [0, 0.05) is 45.9 Å². The molecule has 0 fully saturated rings. The monoisotopic (exact) mass is 1040 g/mol. The Labute approximate surface area is 408 Å². The number of unbranched alkanes of at least 4 members (excludes halogenated alkanes) is 10. The first-order chi connectivity index (χ1) is 32.6. The maximum Gasteiger partial charge on any atom is 0.340 e. The first-order valence-electron chi connectivity index (χ1n) is 25.1. The van der Waals surface area contributed by atoms with Crippen LogP contribution in [-0.2, 0) is 74.2 Å². The second kappa shape index (κ2) is 41.8. The van der Waals surface area contributed by atoms with Crippen molar-refractivity contribution >= 4 is 46.4 Å². The minimum Gasteiger partial charge on any atom is -0.379 e. The smallest absolute Gasteiger partial charge is 0.340 e. The second-order valence-electron chi connectivity index (χ2n) is 16.2. The van der Waals surface area contributed by atoms with Gasteiger partial charge in [0.05, 0.1) is 59.5 Å². The molecule has 0 aliphatic rings. The predicted molar refractivity (Wildman–Crippen MR) is 264 cm³/mol. The molecule has 0 saturated heterocycles. The van der Waals surface area contributed by atoms with E-state index in [0.717, 1.165) is 19.3 Å². The quantitative estimate of drug-likeness (QED) is 0.0334. The predicted octanol–water partition coefficient (Wildman–Crippen LogP) is 7.91. The van der Waals surface area contributed by atoms with Crippen LogP contribution in [0.1, 0.15) is 145 Å². The molecule has 0 heterocycles. The number of hydrogen-bond donors (Lipinski definition) is 4. The number of carbonyl (C=O) groups excluding carboxylic acids is 4. The Morgan fingerprint density at radius 1 is 0.382 bits per heavy atom. The molecule has 0 unspecified atom stereocenters. The number of amides is 4. The van der Waals surface area contributed by atoms with E-state index in [-0.39, 0.29) is 111 Å². The molecule has 0 atom stereocenters. The Bertz CT molecular complexity index is 1310. The molecule has 0 rings (SSSR count). The van der Waals surface area contributed by atoms with Crippen molar-refractivity contribution in [3.8, 4) is 0 Å². The van der Waals surface area contributed by atoms with E-state index >= 15 is 0 Å². The summed E-state index contributed by atoms with van der Waals surface area (Å²) in [5, 5.41) is 11.3. The Morgan fingerprint density at radius 2 is 0.662 bits per heavy atom. The molecule has 0 radical (unpaired) electrons. The number of hydrogen-bond acceptors (Lipinski definition) is 16. The Kier molecular flexibility index (Phi) is 40.7. The lowest BCUT2D eigenvalue weighted by molar-refractivity contribution is -0.128. The second-order valence-corrected chi connectivity index (χ2v) is 22.4. The Hall–Kier alpha value is -1.79. The largest absolute Gasteiger partial charge is 0.379 e. The molecule has 23 heteroatoms. The molecular weight excluding hydrogens is 945 g/mol. The van der Waals surface area contributed by atoms with Gasteiger partial charge in [0.25, 0.3) is 0 Å². The highest BCUT2D eigenvalue weighted by atomic mass is 31.2. The molecule has 402 valence electrons. The van der Waals surface area contributed by atoms with Gasteiger partial charge in [-0.25, -0.2) is 0 Å². The van der Waals surface area contributed by atoms with Crippen LogP contribution in [0.15, 0.2) is 0 Å². The lowest BCUT2D eigenvalue weighted by Gasteiger charge is -2.34. The van der Waals surface area contributed by atoms with Gasteiger partial charge >= 0.3 is 22.8 Å². The summed E-state index contributed by atoms with van der Waals surface area (Å²) in [6.07, 6.45) is 12.8. The normalized spacial score (nSPS) is 12.3. The van der Waals surface area contributed by atoms with E-state index in [2.05, 4.69) is 28.2 Å². The van der Waals surface area contributed by atoms with Crippen molar-refractivity contribution in [2.45, 2.75) is 150 Å². The lowest BCUT2D eigenvalue weighted by atomic mass is 10.0. The third-order valence-electron chi connectivity index (χ3n) is 9.88. The van der Waals surface area contributed by atoms with Crippen LogP contribution >= 0.6 is 22.8 Å². The maximum atomic E-state index is 13.6. The first kappa shape index (κ1) is 66.2. The number of nitrogens with one attached hydrogen (secondary N) is 4. The van der Waals surface area contributed by atoms with Crippen molar-refractivity contribution in [1.29, 1.82) is 0 Å².